The first-order valence-electron chi connectivity index (χ1n) is 6.80. The highest BCUT2D eigenvalue weighted by Gasteiger charge is 2.13. The molecule has 1 aromatic heterocycles. The van der Waals surface area contributed by atoms with Gasteiger partial charge in [0.15, 0.2) is 5.16 Å². The van der Waals surface area contributed by atoms with E-state index in [1.54, 1.807) is 0 Å². The summed E-state index contributed by atoms with van der Waals surface area (Å²) in [7, 11) is 0. The standard InChI is InChI=1S/C15H19N3OS/c1-3-12(16-4-2)11-7-5-6-8-13(11)20-15-17-10-9-14(19)18-15/h5-10,12,16H,3-4H2,1-2H3,(H,17,18,19). The van der Waals surface area contributed by atoms with E-state index >= 15 is 0 Å². The fourth-order valence-electron chi connectivity index (χ4n) is 2.09. The predicted octanol–water partition coefficient (Wildman–Crippen LogP) is 2.98. The first kappa shape index (κ1) is 14.8. The Labute approximate surface area is 123 Å². The lowest BCUT2D eigenvalue weighted by Crippen LogP contribution is -2.20. The lowest BCUT2D eigenvalue weighted by molar-refractivity contribution is 0.530. The number of hydrogen-bond donors (Lipinski definition) is 2. The summed E-state index contributed by atoms with van der Waals surface area (Å²) in [5, 5.41) is 4.10. The maximum absolute atomic E-state index is 11.3. The van der Waals surface area contributed by atoms with Gasteiger partial charge in [-0.05, 0) is 24.6 Å². The minimum Gasteiger partial charge on any atom is -0.310 e. The van der Waals surface area contributed by atoms with Crippen molar-refractivity contribution in [1.82, 2.24) is 15.3 Å². The highest BCUT2D eigenvalue weighted by Crippen LogP contribution is 2.31. The fraction of sp³-hybridized carbons (Fsp3) is 0.333. The average Bonchev–Trinajstić information content (AvgIpc) is 2.46. The molecule has 20 heavy (non-hydrogen) atoms. The molecule has 2 N–H and O–H groups in total. The smallest absolute Gasteiger partial charge is 0.251 e. The van der Waals surface area contributed by atoms with Crippen LogP contribution in [0.1, 0.15) is 31.9 Å². The van der Waals surface area contributed by atoms with Gasteiger partial charge in [-0.2, -0.15) is 0 Å². The average molecular weight is 289 g/mol. The number of aromatic amines is 1. The van der Waals surface area contributed by atoms with Crippen molar-refractivity contribution < 1.29 is 0 Å². The monoisotopic (exact) mass is 289 g/mol. The van der Waals surface area contributed by atoms with Gasteiger partial charge in [0.2, 0.25) is 0 Å². The third-order valence-corrected chi connectivity index (χ3v) is 4.00. The van der Waals surface area contributed by atoms with Crippen LogP contribution < -0.4 is 10.9 Å². The molecule has 0 aliphatic heterocycles. The molecule has 0 radical (unpaired) electrons. The zero-order valence-corrected chi connectivity index (χ0v) is 12.5. The quantitative estimate of drug-likeness (QED) is 0.803. The summed E-state index contributed by atoms with van der Waals surface area (Å²) in [6.45, 7) is 5.20. The maximum Gasteiger partial charge on any atom is 0.251 e. The molecule has 0 saturated heterocycles. The molecule has 0 spiro atoms. The second-order valence-corrected chi connectivity index (χ2v) is 5.43. The molecule has 0 aliphatic carbocycles. The molecule has 0 saturated carbocycles. The second-order valence-electron chi connectivity index (χ2n) is 4.40. The van der Waals surface area contributed by atoms with Crippen LogP contribution in [0, 0.1) is 0 Å². The van der Waals surface area contributed by atoms with Gasteiger partial charge in [-0.3, -0.25) is 4.79 Å². The Balaban J connectivity index is 2.30. The highest BCUT2D eigenvalue weighted by molar-refractivity contribution is 7.99. The summed E-state index contributed by atoms with van der Waals surface area (Å²) in [6.07, 6.45) is 2.55. The molecule has 1 aromatic carbocycles. The van der Waals surface area contributed by atoms with E-state index in [2.05, 4.69) is 41.3 Å². The summed E-state index contributed by atoms with van der Waals surface area (Å²) < 4.78 is 0. The summed E-state index contributed by atoms with van der Waals surface area (Å²) >= 11 is 1.49. The fourth-order valence-corrected chi connectivity index (χ4v) is 3.04. The number of hydrogen-bond acceptors (Lipinski definition) is 4. The van der Waals surface area contributed by atoms with Gasteiger partial charge in [0.1, 0.15) is 0 Å². The van der Waals surface area contributed by atoms with Gasteiger partial charge in [0.05, 0.1) is 0 Å². The van der Waals surface area contributed by atoms with Crippen LogP contribution in [-0.2, 0) is 0 Å². The largest absolute Gasteiger partial charge is 0.310 e. The van der Waals surface area contributed by atoms with Crippen LogP contribution in [0.4, 0.5) is 0 Å². The molecular weight excluding hydrogens is 270 g/mol. The predicted molar refractivity (Wildman–Crippen MR) is 82.1 cm³/mol. The van der Waals surface area contributed by atoms with E-state index in [-0.39, 0.29) is 5.56 Å². The number of rotatable bonds is 6. The van der Waals surface area contributed by atoms with Crippen LogP contribution in [0.25, 0.3) is 0 Å². The van der Waals surface area contributed by atoms with Gasteiger partial charge >= 0.3 is 0 Å². The van der Waals surface area contributed by atoms with Crippen LogP contribution in [0.3, 0.4) is 0 Å². The molecule has 2 rings (SSSR count). The Hall–Kier alpha value is -1.59. The molecule has 1 unspecified atom stereocenters. The first-order valence-corrected chi connectivity index (χ1v) is 7.61. The van der Waals surface area contributed by atoms with Crippen molar-refractivity contribution in [3.05, 3.63) is 52.4 Å². The van der Waals surface area contributed by atoms with Crippen molar-refractivity contribution in [3.63, 3.8) is 0 Å². The van der Waals surface area contributed by atoms with Crippen molar-refractivity contribution in [3.8, 4) is 0 Å². The van der Waals surface area contributed by atoms with Gasteiger partial charge in [-0.1, -0.05) is 43.8 Å². The van der Waals surface area contributed by atoms with E-state index in [4.69, 9.17) is 0 Å². The minimum atomic E-state index is -0.126. The van der Waals surface area contributed by atoms with E-state index in [9.17, 15) is 4.79 Å². The molecule has 2 aromatic rings. The number of nitrogens with zero attached hydrogens (tertiary/aromatic N) is 1. The Kier molecular flexibility index (Phi) is 5.38. The van der Waals surface area contributed by atoms with Gasteiger partial charge in [0.25, 0.3) is 5.56 Å². The highest BCUT2D eigenvalue weighted by atomic mass is 32.2. The van der Waals surface area contributed by atoms with Gasteiger partial charge in [0, 0.05) is 23.2 Å². The normalized spacial score (nSPS) is 12.3. The number of aromatic nitrogens is 2. The van der Waals surface area contributed by atoms with Gasteiger partial charge < -0.3 is 10.3 Å². The van der Waals surface area contributed by atoms with E-state index in [1.165, 1.54) is 29.6 Å². The lowest BCUT2D eigenvalue weighted by Gasteiger charge is -2.19. The van der Waals surface area contributed by atoms with Crippen LogP contribution in [0.15, 0.2) is 51.4 Å². The van der Waals surface area contributed by atoms with Crippen LogP contribution >= 0.6 is 11.8 Å². The van der Waals surface area contributed by atoms with Crippen molar-refractivity contribution in [2.75, 3.05) is 6.54 Å². The molecule has 1 heterocycles. The minimum absolute atomic E-state index is 0.126. The van der Waals surface area contributed by atoms with Gasteiger partial charge in [-0.15, -0.1) is 0 Å². The number of benzene rings is 1. The summed E-state index contributed by atoms with van der Waals surface area (Å²) in [5.74, 6) is 0. The van der Waals surface area contributed by atoms with Crippen LogP contribution in [-0.4, -0.2) is 16.5 Å². The molecule has 0 amide bonds. The summed E-state index contributed by atoms with van der Waals surface area (Å²) in [5.41, 5.74) is 1.12. The Bertz CT molecular complexity index is 612. The van der Waals surface area contributed by atoms with E-state index < -0.39 is 0 Å². The van der Waals surface area contributed by atoms with E-state index in [1.807, 2.05) is 12.1 Å². The molecule has 4 nitrogen and oxygen atoms in total. The summed E-state index contributed by atoms with van der Waals surface area (Å²) in [4.78, 5) is 19.4. The van der Waals surface area contributed by atoms with Crippen molar-refractivity contribution in [2.24, 2.45) is 0 Å². The molecule has 0 aliphatic rings. The molecule has 0 fully saturated rings. The number of H-pyrrole nitrogens is 1. The van der Waals surface area contributed by atoms with Crippen molar-refractivity contribution in [1.29, 1.82) is 0 Å². The molecule has 106 valence electrons. The van der Waals surface area contributed by atoms with Crippen LogP contribution in [0.5, 0.6) is 0 Å². The Morgan fingerprint density at radius 1 is 1.30 bits per heavy atom. The SMILES string of the molecule is CCNC(CC)c1ccccc1Sc1nccc(=O)[nH]1. The molecule has 0 bridgehead atoms. The first-order chi connectivity index (χ1) is 9.74. The lowest BCUT2D eigenvalue weighted by atomic mass is 10.0. The third kappa shape index (κ3) is 3.71. The topological polar surface area (TPSA) is 57.8 Å². The van der Waals surface area contributed by atoms with Crippen LogP contribution in [0.2, 0.25) is 0 Å². The van der Waals surface area contributed by atoms with Gasteiger partial charge in [-0.25, -0.2) is 4.98 Å². The van der Waals surface area contributed by atoms with E-state index in [0.717, 1.165) is 17.9 Å². The molecule has 5 heteroatoms. The maximum atomic E-state index is 11.3. The third-order valence-electron chi connectivity index (χ3n) is 3.01. The van der Waals surface area contributed by atoms with Crippen molar-refractivity contribution in [2.45, 2.75) is 36.4 Å². The zero-order chi connectivity index (χ0) is 14.4. The number of nitrogens with one attached hydrogen (secondary N) is 2. The molecular formula is C15H19N3OS. The zero-order valence-electron chi connectivity index (χ0n) is 11.7. The Morgan fingerprint density at radius 3 is 2.80 bits per heavy atom. The van der Waals surface area contributed by atoms with E-state index in [0.29, 0.717) is 11.2 Å². The summed E-state index contributed by atoms with van der Waals surface area (Å²) in [6, 6.07) is 9.97. The Morgan fingerprint density at radius 2 is 2.10 bits per heavy atom. The van der Waals surface area contributed by atoms with Crippen molar-refractivity contribution >= 4 is 11.8 Å². The second kappa shape index (κ2) is 7.26. The molecule has 1 atom stereocenters.